The van der Waals surface area contributed by atoms with Crippen molar-refractivity contribution in [2.45, 2.75) is 17.3 Å². The van der Waals surface area contributed by atoms with E-state index in [0.29, 0.717) is 33.3 Å². The van der Waals surface area contributed by atoms with Crippen molar-refractivity contribution in [3.8, 4) is 0 Å². The molecule has 2 heterocycles. The summed E-state index contributed by atoms with van der Waals surface area (Å²) in [6.07, 6.45) is -0.0843. The Balaban J connectivity index is 1.81. The number of carbonyl (C=O) groups excluding carboxylic acids is 1. The minimum Gasteiger partial charge on any atom is -0.469 e. The molecular weight excluding hydrogens is 344 g/mol. The summed E-state index contributed by atoms with van der Waals surface area (Å²) in [7, 11) is 1.27. The summed E-state index contributed by atoms with van der Waals surface area (Å²) in [5, 5.41) is 0.852. The molecular formula is C16H14N4O4S. The lowest BCUT2D eigenvalue weighted by Gasteiger charge is -2.04. The Bertz CT molecular complexity index is 1040. The van der Waals surface area contributed by atoms with Crippen LogP contribution in [0.15, 0.2) is 45.1 Å². The number of H-pyrrole nitrogens is 2. The van der Waals surface area contributed by atoms with Gasteiger partial charge in [-0.25, -0.2) is 9.97 Å². The first kappa shape index (κ1) is 16.9. The molecule has 0 amide bonds. The minimum absolute atomic E-state index is 0.0843. The zero-order valence-corrected chi connectivity index (χ0v) is 14.1. The number of methoxy groups -OCH3 is 1. The zero-order chi connectivity index (χ0) is 17.8. The van der Waals surface area contributed by atoms with E-state index in [1.807, 2.05) is 0 Å². The predicted octanol–water partition coefficient (Wildman–Crippen LogP) is 1.01. The first-order chi connectivity index (χ1) is 12.0. The maximum Gasteiger partial charge on any atom is 0.311 e. The van der Waals surface area contributed by atoms with E-state index < -0.39 is 5.97 Å². The Morgan fingerprint density at radius 2 is 2.00 bits per heavy atom. The highest BCUT2D eigenvalue weighted by Gasteiger charge is 2.09. The van der Waals surface area contributed by atoms with Gasteiger partial charge in [0.25, 0.3) is 11.1 Å². The van der Waals surface area contributed by atoms with E-state index in [9.17, 15) is 14.4 Å². The third-order valence-corrected chi connectivity index (χ3v) is 4.22. The van der Waals surface area contributed by atoms with Gasteiger partial charge < -0.3 is 14.7 Å². The second-order valence-corrected chi connectivity index (χ2v) is 6.08. The number of carbonyl (C=O) groups is 1. The molecule has 128 valence electrons. The van der Waals surface area contributed by atoms with Crippen LogP contribution in [0.25, 0.3) is 10.9 Å². The molecule has 0 atom stereocenters. The van der Waals surface area contributed by atoms with Crippen molar-refractivity contribution < 1.29 is 9.53 Å². The molecule has 25 heavy (non-hydrogen) atoms. The molecule has 0 aliphatic carbocycles. The summed E-state index contributed by atoms with van der Waals surface area (Å²) in [5.41, 5.74) is 0.333. The van der Waals surface area contributed by atoms with Crippen LogP contribution in [0.4, 0.5) is 0 Å². The normalized spacial score (nSPS) is 10.8. The maximum atomic E-state index is 12.0. The van der Waals surface area contributed by atoms with Crippen LogP contribution < -0.4 is 11.1 Å². The van der Waals surface area contributed by atoms with Gasteiger partial charge in [-0.3, -0.25) is 14.4 Å². The first-order valence-electron chi connectivity index (χ1n) is 7.33. The lowest BCUT2D eigenvalue weighted by molar-refractivity contribution is -0.139. The summed E-state index contributed by atoms with van der Waals surface area (Å²) in [6.45, 7) is 0. The number of nitrogens with zero attached hydrogens (tertiary/aromatic N) is 2. The van der Waals surface area contributed by atoms with Gasteiger partial charge in [-0.15, -0.1) is 0 Å². The fourth-order valence-electron chi connectivity index (χ4n) is 2.20. The summed E-state index contributed by atoms with van der Waals surface area (Å²) < 4.78 is 4.57. The number of ether oxygens (including phenoxy) is 1. The number of fused-ring (bicyclic) bond motifs is 1. The molecule has 9 heteroatoms. The Labute approximate surface area is 145 Å². The molecule has 8 nitrogen and oxygen atoms in total. The second-order valence-electron chi connectivity index (χ2n) is 5.11. The molecule has 0 aliphatic rings. The van der Waals surface area contributed by atoms with E-state index in [1.54, 1.807) is 24.3 Å². The van der Waals surface area contributed by atoms with Crippen molar-refractivity contribution >= 4 is 28.6 Å². The van der Waals surface area contributed by atoms with Crippen LogP contribution in [-0.2, 0) is 21.7 Å². The lowest BCUT2D eigenvalue weighted by atomic mass is 10.2. The van der Waals surface area contributed by atoms with Crippen molar-refractivity contribution in [2.75, 3.05) is 7.11 Å². The largest absolute Gasteiger partial charge is 0.469 e. The molecule has 0 saturated carbocycles. The van der Waals surface area contributed by atoms with E-state index in [-0.39, 0.29) is 17.5 Å². The number of benzene rings is 1. The number of aromatic amines is 2. The molecule has 1 aromatic carbocycles. The fraction of sp³-hybridized carbons (Fsp3) is 0.188. The third-order valence-electron chi connectivity index (χ3n) is 3.33. The Kier molecular flexibility index (Phi) is 4.94. The Morgan fingerprint density at radius 3 is 2.80 bits per heavy atom. The predicted molar refractivity (Wildman–Crippen MR) is 92.5 cm³/mol. The van der Waals surface area contributed by atoms with E-state index in [4.69, 9.17) is 0 Å². The molecule has 0 aliphatic heterocycles. The summed E-state index contributed by atoms with van der Waals surface area (Å²) in [6, 6.07) is 8.29. The minimum atomic E-state index is -0.477. The van der Waals surface area contributed by atoms with Gasteiger partial charge in [0, 0.05) is 6.07 Å². The van der Waals surface area contributed by atoms with Gasteiger partial charge in [-0.1, -0.05) is 23.9 Å². The van der Waals surface area contributed by atoms with E-state index >= 15 is 0 Å². The molecule has 0 unspecified atom stereocenters. The van der Waals surface area contributed by atoms with Crippen molar-refractivity contribution in [1.82, 2.24) is 19.9 Å². The fourth-order valence-corrected chi connectivity index (χ4v) is 2.97. The highest BCUT2D eigenvalue weighted by molar-refractivity contribution is 7.98. The van der Waals surface area contributed by atoms with Gasteiger partial charge in [0.2, 0.25) is 0 Å². The van der Waals surface area contributed by atoms with Crippen LogP contribution >= 0.6 is 11.8 Å². The smallest absolute Gasteiger partial charge is 0.311 e. The number of hydrogen-bond donors (Lipinski definition) is 2. The number of nitrogens with one attached hydrogen (secondary N) is 2. The van der Waals surface area contributed by atoms with Crippen LogP contribution in [0.1, 0.15) is 11.5 Å². The highest BCUT2D eigenvalue weighted by atomic mass is 32.2. The first-order valence-corrected chi connectivity index (χ1v) is 8.31. The van der Waals surface area contributed by atoms with Crippen LogP contribution in [0, 0.1) is 0 Å². The van der Waals surface area contributed by atoms with Crippen LogP contribution in [0.5, 0.6) is 0 Å². The van der Waals surface area contributed by atoms with Crippen molar-refractivity contribution in [3.63, 3.8) is 0 Å². The monoisotopic (exact) mass is 358 g/mol. The van der Waals surface area contributed by atoms with Gasteiger partial charge in [0.15, 0.2) is 5.16 Å². The van der Waals surface area contributed by atoms with Gasteiger partial charge in [0.1, 0.15) is 5.82 Å². The molecule has 0 saturated heterocycles. The van der Waals surface area contributed by atoms with Crippen LogP contribution in [0.3, 0.4) is 0 Å². The van der Waals surface area contributed by atoms with E-state index in [0.717, 1.165) is 0 Å². The lowest BCUT2D eigenvalue weighted by Crippen LogP contribution is -2.14. The molecule has 0 radical (unpaired) electrons. The van der Waals surface area contributed by atoms with Crippen LogP contribution in [-0.4, -0.2) is 33.0 Å². The number of thioether (sulfide) groups is 1. The second kappa shape index (κ2) is 7.31. The number of hydrogen-bond acceptors (Lipinski definition) is 7. The average molecular weight is 358 g/mol. The maximum absolute atomic E-state index is 12.0. The number of rotatable bonds is 5. The topological polar surface area (TPSA) is 118 Å². The molecule has 3 rings (SSSR count). The highest BCUT2D eigenvalue weighted by Crippen LogP contribution is 2.17. The number of para-hydroxylation sites is 1. The molecule has 0 fully saturated rings. The van der Waals surface area contributed by atoms with Crippen molar-refractivity contribution in [1.29, 1.82) is 0 Å². The SMILES string of the molecule is COC(=O)Cc1cc(=O)[nH]c(SCc2nc3ccccc3c(=O)[nH]2)n1. The summed E-state index contributed by atoms with van der Waals surface area (Å²) in [5.74, 6) is 0.300. The Morgan fingerprint density at radius 1 is 1.20 bits per heavy atom. The molecule has 2 N–H and O–H groups in total. The van der Waals surface area contributed by atoms with Gasteiger partial charge in [-0.05, 0) is 12.1 Å². The summed E-state index contributed by atoms with van der Waals surface area (Å²) >= 11 is 1.20. The Hall–Kier alpha value is -2.94. The third kappa shape index (κ3) is 4.13. The van der Waals surface area contributed by atoms with Crippen LogP contribution in [0.2, 0.25) is 0 Å². The number of aromatic nitrogens is 4. The summed E-state index contributed by atoms with van der Waals surface area (Å²) in [4.78, 5) is 48.9. The van der Waals surface area contributed by atoms with Gasteiger partial charge >= 0.3 is 5.97 Å². The van der Waals surface area contributed by atoms with E-state index in [2.05, 4.69) is 24.7 Å². The quantitative estimate of drug-likeness (QED) is 0.397. The van der Waals surface area contributed by atoms with Gasteiger partial charge in [0.05, 0.1) is 35.9 Å². The average Bonchev–Trinajstić information content (AvgIpc) is 2.59. The molecule has 0 spiro atoms. The van der Waals surface area contributed by atoms with E-state index in [1.165, 1.54) is 24.9 Å². The van der Waals surface area contributed by atoms with Crippen molar-refractivity contribution in [3.05, 3.63) is 62.6 Å². The molecule has 2 aromatic heterocycles. The van der Waals surface area contributed by atoms with Crippen molar-refractivity contribution in [2.24, 2.45) is 0 Å². The standard InChI is InChI=1S/C16H14N4O4S/c1-24-14(22)7-9-6-13(21)20-16(17-9)25-8-12-18-11-5-3-2-4-10(11)15(23)19-12/h2-6H,7-8H2,1H3,(H,17,20,21)(H,18,19,23). The van der Waals surface area contributed by atoms with Gasteiger partial charge in [-0.2, -0.15) is 0 Å². The zero-order valence-electron chi connectivity index (χ0n) is 13.2. The number of esters is 1. The molecule has 3 aromatic rings. The molecule has 0 bridgehead atoms.